The van der Waals surface area contributed by atoms with Gasteiger partial charge in [0.25, 0.3) is 0 Å². The van der Waals surface area contributed by atoms with Gasteiger partial charge in [-0.05, 0) is 45.5 Å². The van der Waals surface area contributed by atoms with Crippen molar-refractivity contribution in [2.45, 2.75) is 6.23 Å². The molecule has 1 aliphatic rings. The van der Waals surface area contributed by atoms with Crippen LogP contribution >= 0.6 is 0 Å². The molecule has 5 nitrogen and oxygen atoms in total. The van der Waals surface area contributed by atoms with Gasteiger partial charge in [0.15, 0.2) is 29.5 Å². The van der Waals surface area contributed by atoms with Crippen molar-refractivity contribution in [1.82, 2.24) is 15.0 Å². The third-order valence-corrected chi connectivity index (χ3v) is 8.73. The van der Waals surface area contributed by atoms with Crippen LogP contribution in [0.3, 0.4) is 0 Å². The lowest BCUT2D eigenvalue weighted by molar-refractivity contribution is 0.263. The number of nitrogens with one attached hydrogen (secondary N) is 1. The molecule has 0 fully saturated rings. The first kappa shape index (κ1) is 27.0. The Morgan fingerprint density at radius 1 is 0.447 bits per heavy atom. The molecule has 0 aliphatic carbocycles. The first-order valence-electron chi connectivity index (χ1n) is 15.7. The third kappa shape index (κ3) is 4.95. The van der Waals surface area contributed by atoms with E-state index < -0.39 is 0 Å². The Morgan fingerprint density at radius 2 is 1.00 bits per heavy atom. The highest BCUT2D eigenvalue weighted by molar-refractivity contribution is 6.13. The van der Waals surface area contributed by atoms with Crippen molar-refractivity contribution in [1.29, 1.82) is 0 Å². The van der Waals surface area contributed by atoms with Gasteiger partial charge in [-0.25, -0.2) is 15.0 Å². The molecule has 0 radical (unpaired) electrons. The number of benzene rings is 7. The van der Waals surface area contributed by atoms with Crippen LogP contribution in [-0.4, -0.2) is 15.0 Å². The summed E-state index contributed by atoms with van der Waals surface area (Å²) in [5.74, 6) is 2.74. The number of anilines is 1. The first-order valence-corrected chi connectivity index (χ1v) is 15.7. The Labute approximate surface area is 272 Å². The number of fused-ring (bicyclic) bond motifs is 5. The lowest BCUT2D eigenvalue weighted by Gasteiger charge is -2.13. The van der Waals surface area contributed by atoms with E-state index in [4.69, 9.17) is 19.7 Å². The quantitative estimate of drug-likeness (QED) is 0.198. The van der Waals surface area contributed by atoms with Crippen molar-refractivity contribution < 1.29 is 4.74 Å². The fourth-order valence-corrected chi connectivity index (χ4v) is 6.37. The van der Waals surface area contributed by atoms with E-state index in [2.05, 4.69) is 108 Å². The van der Waals surface area contributed by atoms with Crippen molar-refractivity contribution in [3.8, 4) is 51.0 Å². The maximum absolute atomic E-state index is 6.61. The second kappa shape index (κ2) is 11.2. The van der Waals surface area contributed by atoms with Crippen molar-refractivity contribution in [3.63, 3.8) is 0 Å². The molecule has 0 amide bonds. The monoisotopic (exact) mass is 604 g/mol. The Bertz CT molecular complexity index is 2410. The molecule has 8 aromatic rings. The molecule has 0 saturated heterocycles. The van der Waals surface area contributed by atoms with E-state index in [0.29, 0.717) is 17.5 Å². The highest BCUT2D eigenvalue weighted by Gasteiger charge is 2.26. The van der Waals surface area contributed by atoms with E-state index in [1.807, 2.05) is 54.6 Å². The number of hydrogen-bond donors (Lipinski definition) is 1. The summed E-state index contributed by atoms with van der Waals surface area (Å²) in [7, 11) is 0. The van der Waals surface area contributed by atoms with Crippen LogP contribution in [0.2, 0.25) is 0 Å². The van der Waals surface area contributed by atoms with Crippen LogP contribution in [0.15, 0.2) is 158 Å². The van der Waals surface area contributed by atoms with Gasteiger partial charge in [-0.2, -0.15) is 0 Å². The zero-order valence-corrected chi connectivity index (χ0v) is 25.3. The summed E-state index contributed by atoms with van der Waals surface area (Å²) in [4.78, 5) is 15.1. The molecule has 1 aliphatic heterocycles. The van der Waals surface area contributed by atoms with Gasteiger partial charge in [0.05, 0.1) is 5.69 Å². The van der Waals surface area contributed by atoms with Crippen LogP contribution in [-0.2, 0) is 0 Å². The maximum atomic E-state index is 6.61. The summed E-state index contributed by atoms with van der Waals surface area (Å²) in [6.07, 6.45) is -0.249. The fraction of sp³-hybridized carbons (Fsp3) is 0.0238. The molecule has 1 atom stereocenters. The van der Waals surface area contributed by atoms with Crippen LogP contribution in [0.4, 0.5) is 5.69 Å². The summed E-state index contributed by atoms with van der Waals surface area (Å²) in [5, 5.41) is 7.96. The number of hydrogen-bond acceptors (Lipinski definition) is 5. The number of nitrogens with zero attached hydrogens (tertiary/aromatic N) is 3. The third-order valence-electron chi connectivity index (χ3n) is 8.73. The Balaban J connectivity index is 1.20. The highest BCUT2D eigenvalue weighted by Crippen LogP contribution is 2.46. The maximum Gasteiger partial charge on any atom is 0.196 e. The number of aromatic nitrogens is 3. The minimum absolute atomic E-state index is 0.249. The van der Waals surface area contributed by atoms with E-state index in [9.17, 15) is 0 Å². The topological polar surface area (TPSA) is 59.9 Å². The first-order chi connectivity index (χ1) is 23.3. The van der Waals surface area contributed by atoms with Gasteiger partial charge in [0.2, 0.25) is 0 Å². The van der Waals surface area contributed by atoms with E-state index in [1.54, 1.807) is 0 Å². The number of rotatable bonds is 5. The normalized spacial score (nSPS) is 13.7. The van der Waals surface area contributed by atoms with Gasteiger partial charge in [-0.15, -0.1) is 0 Å². The molecule has 47 heavy (non-hydrogen) atoms. The Hall–Kier alpha value is -6.33. The molecule has 0 bridgehead atoms. The average molecular weight is 605 g/mol. The molecule has 0 spiro atoms. The SMILES string of the molecule is c1ccc(-c2cccc(-c3nc(-c4ccccc4)nc(-c4ccc5ccc6ccc7c(c6c5c4)OC(c4ccccc4)N7)n3)c2)cc1. The predicted octanol–water partition coefficient (Wildman–Crippen LogP) is 10.3. The van der Waals surface area contributed by atoms with Crippen LogP contribution in [0.1, 0.15) is 11.8 Å². The number of ether oxygens (including phenoxy) is 1. The second-order valence-corrected chi connectivity index (χ2v) is 11.7. The molecule has 5 heteroatoms. The van der Waals surface area contributed by atoms with E-state index >= 15 is 0 Å². The second-order valence-electron chi connectivity index (χ2n) is 11.7. The molecule has 9 rings (SSSR count). The fourth-order valence-electron chi connectivity index (χ4n) is 6.37. The summed E-state index contributed by atoms with van der Waals surface area (Å²) < 4.78 is 6.61. The lowest BCUT2D eigenvalue weighted by atomic mass is 9.98. The minimum Gasteiger partial charge on any atom is -0.464 e. The minimum atomic E-state index is -0.249. The van der Waals surface area contributed by atoms with Crippen molar-refractivity contribution in [2.24, 2.45) is 0 Å². The molecule has 222 valence electrons. The van der Waals surface area contributed by atoms with Gasteiger partial charge >= 0.3 is 0 Å². The smallest absolute Gasteiger partial charge is 0.196 e. The van der Waals surface area contributed by atoms with Crippen molar-refractivity contribution in [3.05, 3.63) is 163 Å². The molecule has 1 unspecified atom stereocenters. The molecular weight excluding hydrogens is 576 g/mol. The van der Waals surface area contributed by atoms with E-state index in [0.717, 1.165) is 66.4 Å². The van der Waals surface area contributed by atoms with E-state index in [1.165, 1.54) is 0 Å². The summed E-state index contributed by atoms with van der Waals surface area (Å²) in [6.45, 7) is 0. The molecular formula is C42H28N4O. The Morgan fingerprint density at radius 3 is 1.74 bits per heavy atom. The van der Waals surface area contributed by atoms with Gasteiger partial charge in [0.1, 0.15) is 0 Å². The zero-order valence-electron chi connectivity index (χ0n) is 25.3. The standard InChI is InChI=1S/C42H28N4O/c1-4-11-27(12-5-1)32-17-10-18-33(25-32)40-44-39(30-13-6-2-7-14-30)45-41(46-40)34-22-20-28-19-21-29-23-24-36-38(37(29)35(28)26-34)47-42(43-36)31-15-8-3-9-16-31/h1-26,42-43H. The predicted molar refractivity (Wildman–Crippen MR) is 190 cm³/mol. The van der Waals surface area contributed by atoms with Gasteiger partial charge in [-0.1, -0.05) is 140 Å². The van der Waals surface area contributed by atoms with Crippen LogP contribution in [0.25, 0.3) is 66.8 Å². The van der Waals surface area contributed by atoms with Gasteiger partial charge < -0.3 is 10.1 Å². The molecule has 1 aromatic heterocycles. The Kier molecular flexibility index (Phi) is 6.46. The van der Waals surface area contributed by atoms with Gasteiger partial charge in [-0.3, -0.25) is 0 Å². The summed E-state index contributed by atoms with van der Waals surface area (Å²) >= 11 is 0. The highest BCUT2D eigenvalue weighted by atomic mass is 16.5. The van der Waals surface area contributed by atoms with Crippen LogP contribution in [0, 0.1) is 0 Å². The van der Waals surface area contributed by atoms with Crippen LogP contribution in [0.5, 0.6) is 5.75 Å². The van der Waals surface area contributed by atoms with Crippen LogP contribution < -0.4 is 10.1 Å². The average Bonchev–Trinajstić information content (AvgIpc) is 3.60. The molecule has 7 aromatic carbocycles. The molecule has 0 saturated carbocycles. The largest absolute Gasteiger partial charge is 0.464 e. The van der Waals surface area contributed by atoms with Crippen molar-refractivity contribution >= 4 is 27.2 Å². The summed E-state index contributed by atoms with van der Waals surface area (Å²) in [5.41, 5.74) is 7.10. The van der Waals surface area contributed by atoms with Gasteiger partial charge in [0, 0.05) is 27.6 Å². The van der Waals surface area contributed by atoms with Crippen molar-refractivity contribution in [2.75, 3.05) is 5.32 Å². The zero-order chi connectivity index (χ0) is 31.2. The van der Waals surface area contributed by atoms with E-state index in [-0.39, 0.29) is 6.23 Å². The lowest BCUT2D eigenvalue weighted by Crippen LogP contribution is -2.09. The molecule has 1 N–H and O–H groups in total. The molecule has 2 heterocycles. The summed E-state index contributed by atoms with van der Waals surface area (Å²) in [6, 6.07) is 54.1.